The van der Waals surface area contributed by atoms with Gasteiger partial charge in [0, 0.05) is 0 Å². The van der Waals surface area contributed by atoms with Gasteiger partial charge in [-0.05, 0) is 18.4 Å². The smallest absolute Gasteiger partial charge is 0.348 e. The van der Waals surface area contributed by atoms with E-state index in [9.17, 15) is 82.8 Å². The summed E-state index contributed by atoms with van der Waals surface area (Å²) >= 11 is 0. The first-order chi connectivity index (χ1) is 18.3. The van der Waals surface area contributed by atoms with Crippen molar-refractivity contribution in [2.45, 2.75) is 44.8 Å². The number of halogens is 15. The Hall–Kier alpha value is -1.35. The van der Waals surface area contributed by atoms with Gasteiger partial charge < -0.3 is 4.74 Å². The van der Waals surface area contributed by atoms with Crippen molar-refractivity contribution in [3.8, 4) is 0 Å². The highest BCUT2D eigenvalue weighted by molar-refractivity contribution is 7.85. The molecule has 1 unspecified atom stereocenters. The Morgan fingerprint density at radius 3 is 1.17 bits per heavy atom. The summed E-state index contributed by atoms with van der Waals surface area (Å²) in [7, 11) is -7.95. The summed E-state index contributed by atoms with van der Waals surface area (Å²) in [5.74, 6) is -2.88. The van der Waals surface area contributed by atoms with E-state index in [4.69, 9.17) is 9.11 Å². The maximum Gasteiger partial charge on any atom is 0.417 e. The fraction of sp³-hybridized carbons (Fsp3) is 1.00. The first-order valence-electron chi connectivity index (χ1n) is 9.22. The normalized spacial score (nSPS) is 11.8. The van der Waals surface area contributed by atoms with Crippen LogP contribution in [-0.2, 0) is 34.7 Å². The molecule has 0 fully saturated rings. The minimum absolute atomic E-state index is 0.250. The molecule has 260 valence electrons. The summed E-state index contributed by atoms with van der Waals surface area (Å²) in [5.41, 5.74) is 0. The van der Waals surface area contributed by atoms with E-state index >= 15 is 0 Å². The lowest BCUT2D eigenvalue weighted by atomic mass is 10.4. The van der Waals surface area contributed by atoms with Crippen LogP contribution in [0.5, 0.6) is 0 Å². The molecule has 26 heteroatoms. The van der Waals surface area contributed by atoms with Crippen LogP contribution in [0.3, 0.4) is 0 Å². The van der Waals surface area contributed by atoms with Crippen molar-refractivity contribution in [3.05, 3.63) is 0 Å². The third-order valence-corrected chi connectivity index (χ3v) is 2.61. The first-order valence-corrected chi connectivity index (χ1v) is 12.4. The Bertz CT molecular complexity index is 718. The van der Waals surface area contributed by atoms with Crippen molar-refractivity contribution in [3.63, 3.8) is 0 Å². The Kier molecular flexibility index (Phi) is 42.8. The van der Waals surface area contributed by atoms with E-state index in [1.165, 1.54) is 13.8 Å². The third-order valence-electron chi connectivity index (χ3n) is 1.79. The number of hydrogen-bond donors (Lipinski definition) is 2. The van der Waals surface area contributed by atoms with Crippen molar-refractivity contribution >= 4 is 20.2 Å². The molecule has 2 N–H and O–H groups in total. The van der Waals surface area contributed by atoms with Crippen LogP contribution in [0.4, 0.5) is 66.0 Å². The van der Waals surface area contributed by atoms with E-state index in [2.05, 4.69) is 14.4 Å². The van der Waals surface area contributed by atoms with Gasteiger partial charge in [0.25, 0.3) is 20.2 Å². The molecule has 0 saturated heterocycles. The number of ether oxygens (including phenoxy) is 2. The maximum atomic E-state index is 11.7. The zero-order valence-electron chi connectivity index (χ0n) is 21.3. The molecule has 0 rings (SSSR count). The Morgan fingerprint density at radius 2 is 1.02 bits per heavy atom. The van der Waals surface area contributed by atoms with E-state index < -0.39 is 76.6 Å². The average Bonchev–Trinajstić information content (AvgIpc) is 2.75. The second-order valence-corrected chi connectivity index (χ2v) is 7.88. The van der Waals surface area contributed by atoms with E-state index in [-0.39, 0.29) is 13.3 Å². The summed E-state index contributed by atoms with van der Waals surface area (Å²) in [6, 6.07) is 0. The van der Waals surface area contributed by atoms with Crippen LogP contribution < -0.4 is 0 Å². The van der Waals surface area contributed by atoms with Crippen molar-refractivity contribution < 1.29 is 106 Å². The highest BCUT2D eigenvalue weighted by Crippen LogP contribution is 2.32. The van der Waals surface area contributed by atoms with Gasteiger partial charge in [-0.1, -0.05) is 0 Å². The fourth-order valence-corrected chi connectivity index (χ4v) is 1.26. The van der Waals surface area contributed by atoms with Crippen molar-refractivity contribution in [1.82, 2.24) is 0 Å². The molecule has 9 nitrogen and oxygen atoms in total. The largest absolute Gasteiger partial charge is 0.417 e. The molecular formula is C15H29F15O9S2. The second-order valence-electron chi connectivity index (χ2n) is 5.08. The Balaban J connectivity index is -0.0000000745. The van der Waals surface area contributed by atoms with E-state index in [0.717, 1.165) is 0 Å². The van der Waals surface area contributed by atoms with Gasteiger partial charge in [0.15, 0.2) is 18.9 Å². The molecule has 0 aliphatic rings. The predicted molar refractivity (Wildman–Crippen MR) is 112 cm³/mol. The third kappa shape index (κ3) is 73.1. The van der Waals surface area contributed by atoms with Gasteiger partial charge in [0.2, 0.25) is 5.94 Å². The summed E-state index contributed by atoms with van der Waals surface area (Å²) in [6.07, 6.45) is -19.8. The minimum atomic E-state index is -5.06. The van der Waals surface area contributed by atoms with Gasteiger partial charge in [-0.15, -0.1) is 0 Å². The number of hydrogen-bond acceptors (Lipinski definition) is 7. The highest BCUT2D eigenvalue weighted by atomic mass is 32.2. The number of alkyl halides is 14. The lowest BCUT2D eigenvalue weighted by Crippen LogP contribution is -2.35. The molecule has 0 aliphatic carbocycles. The van der Waals surface area contributed by atoms with Crippen LogP contribution >= 0.6 is 0 Å². The molecule has 0 aromatic heterocycles. The van der Waals surface area contributed by atoms with E-state index in [1.54, 1.807) is 0 Å². The molecule has 41 heavy (non-hydrogen) atoms. The molecule has 0 heterocycles. The van der Waals surface area contributed by atoms with Crippen LogP contribution in [0.1, 0.15) is 20.3 Å². The molecule has 0 saturated carbocycles. The zero-order valence-corrected chi connectivity index (χ0v) is 22.9. The van der Waals surface area contributed by atoms with Gasteiger partial charge in [-0.25, -0.2) is 8.78 Å². The average molecular weight is 702 g/mol. The second kappa shape index (κ2) is 31.6. The monoisotopic (exact) mass is 702 g/mol. The topological polar surface area (TPSA) is 136 Å². The van der Waals surface area contributed by atoms with Crippen LogP contribution in [-0.4, -0.2) is 104 Å². The van der Waals surface area contributed by atoms with Crippen LogP contribution in [0.2, 0.25) is 0 Å². The van der Waals surface area contributed by atoms with Crippen LogP contribution in [0.25, 0.3) is 0 Å². The SMILES string of the molecule is CCF.CCF.CF.CF.FCOC(F)(F)CC(F)(F)F.O=S(=O)(O)COC(CF)C(F)(F)F.O=S(=O)(O)COF. The molecule has 0 aliphatic heterocycles. The standard InChI is InChI=1S/C4H4F6O.C4H6F4O4S.2C2H5F.CH3FO4S.2CH3F/c5-2-11-4(9,10)1-3(6,7)8;5-1-3(4(6,7)8)12-2-13(9,10)11;2*1-2-3;2-6-1-7(3,4)5;2*1-2/h1-2H2;3H,1-2H2,(H,9,10,11);2*2H2,1H3;1H2,(H,3,4,5);2*1H3. The first kappa shape index (κ1) is 55.6. The predicted octanol–water partition coefficient (Wildman–Crippen LogP) is 6.08. The summed E-state index contributed by atoms with van der Waals surface area (Å²) in [4.78, 5) is 2.57. The van der Waals surface area contributed by atoms with Gasteiger partial charge in [0.1, 0.15) is 13.1 Å². The van der Waals surface area contributed by atoms with Crippen LogP contribution in [0, 0.1) is 0 Å². The van der Waals surface area contributed by atoms with E-state index in [1.807, 2.05) is 0 Å². The molecule has 0 bridgehead atoms. The van der Waals surface area contributed by atoms with Crippen molar-refractivity contribution in [2.24, 2.45) is 0 Å². The Morgan fingerprint density at radius 1 is 0.707 bits per heavy atom. The van der Waals surface area contributed by atoms with Crippen molar-refractivity contribution in [2.75, 3.05) is 53.1 Å². The van der Waals surface area contributed by atoms with Gasteiger partial charge in [-0.3, -0.25) is 31.4 Å². The summed E-state index contributed by atoms with van der Waals surface area (Å²) < 4.78 is 225. The summed E-state index contributed by atoms with van der Waals surface area (Å²) in [6.45, 7) is -1.43. The zero-order chi connectivity index (χ0) is 35.1. The van der Waals surface area contributed by atoms with Gasteiger partial charge in [0.05, 0.1) is 27.7 Å². The fourth-order valence-electron chi connectivity index (χ4n) is 0.815. The molecule has 0 amide bonds. The molecule has 1 atom stereocenters. The highest BCUT2D eigenvalue weighted by Gasteiger charge is 2.44. The lowest BCUT2D eigenvalue weighted by Gasteiger charge is -2.16. The molecular weight excluding hydrogens is 673 g/mol. The quantitative estimate of drug-likeness (QED) is 0.217. The maximum absolute atomic E-state index is 11.7. The minimum Gasteiger partial charge on any atom is -0.348 e. The van der Waals surface area contributed by atoms with E-state index in [0.29, 0.717) is 14.4 Å². The summed E-state index contributed by atoms with van der Waals surface area (Å²) in [5, 5.41) is 0. The molecule has 0 aromatic carbocycles. The molecule has 0 aromatic rings. The molecule has 0 radical (unpaired) electrons. The molecule has 0 spiro atoms. The lowest BCUT2D eigenvalue weighted by molar-refractivity contribution is -0.303. The van der Waals surface area contributed by atoms with Crippen molar-refractivity contribution in [1.29, 1.82) is 0 Å². The Labute approximate surface area is 225 Å². The van der Waals surface area contributed by atoms with Crippen LogP contribution in [0.15, 0.2) is 0 Å². The van der Waals surface area contributed by atoms with Gasteiger partial charge in [-0.2, -0.15) is 56.9 Å². The number of rotatable bonds is 9. The van der Waals surface area contributed by atoms with Gasteiger partial charge >= 0.3 is 18.5 Å².